The van der Waals surface area contributed by atoms with Crippen LogP contribution in [0.2, 0.25) is 0 Å². The highest BCUT2D eigenvalue weighted by atomic mass is 16.1. The minimum atomic E-state index is 0.113. The number of ketones is 1. The summed E-state index contributed by atoms with van der Waals surface area (Å²) in [4.78, 5) is 13.7. The van der Waals surface area contributed by atoms with E-state index in [0.29, 0.717) is 0 Å². The first-order valence-corrected chi connectivity index (χ1v) is 5.40. The van der Waals surface area contributed by atoms with Crippen molar-refractivity contribution in [2.45, 2.75) is 6.92 Å². The van der Waals surface area contributed by atoms with Crippen LogP contribution in [-0.2, 0) is 0 Å². The van der Waals surface area contributed by atoms with E-state index in [-0.39, 0.29) is 5.78 Å². The summed E-state index contributed by atoms with van der Waals surface area (Å²) >= 11 is 0. The number of nitrogens with zero attached hydrogens (tertiary/aromatic N) is 1. The first-order valence-electron chi connectivity index (χ1n) is 5.40. The molecule has 1 aromatic carbocycles. The van der Waals surface area contributed by atoms with E-state index in [0.717, 1.165) is 29.9 Å². The van der Waals surface area contributed by atoms with Crippen LogP contribution in [0.3, 0.4) is 0 Å². The molecule has 0 atom stereocenters. The van der Waals surface area contributed by atoms with Gasteiger partial charge in [-0.05, 0) is 13.0 Å². The van der Waals surface area contributed by atoms with Crippen molar-refractivity contribution in [1.82, 2.24) is 0 Å². The van der Waals surface area contributed by atoms with Gasteiger partial charge < -0.3 is 4.90 Å². The second-order valence-electron chi connectivity index (χ2n) is 3.89. The van der Waals surface area contributed by atoms with Gasteiger partial charge >= 0.3 is 0 Å². The highest BCUT2D eigenvalue weighted by molar-refractivity contribution is 6.00. The van der Waals surface area contributed by atoms with Crippen molar-refractivity contribution >= 4 is 17.5 Å². The Bertz CT molecular complexity index is 460. The van der Waals surface area contributed by atoms with E-state index in [1.807, 2.05) is 24.3 Å². The van der Waals surface area contributed by atoms with Gasteiger partial charge in [-0.2, -0.15) is 0 Å². The molecule has 0 saturated carbocycles. The molecule has 0 bridgehead atoms. The summed E-state index contributed by atoms with van der Waals surface area (Å²) in [6, 6.07) is 5.86. The molecule has 16 heavy (non-hydrogen) atoms. The van der Waals surface area contributed by atoms with Gasteiger partial charge in [-0.1, -0.05) is 30.4 Å². The van der Waals surface area contributed by atoms with Gasteiger partial charge in [-0.15, -0.1) is 6.58 Å². The minimum absolute atomic E-state index is 0.113. The maximum absolute atomic E-state index is 11.5. The van der Waals surface area contributed by atoms with Gasteiger partial charge in [0.15, 0.2) is 5.78 Å². The lowest BCUT2D eigenvalue weighted by Gasteiger charge is -2.27. The third-order valence-electron chi connectivity index (χ3n) is 2.76. The van der Waals surface area contributed by atoms with Gasteiger partial charge in [0, 0.05) is 29.9 Å². The molecule has 0 aliphatic carbocycles. The quantitative estimate of drug-likeness (QED) is 0.568. The van der Waals surface area contributed by atoms with E-state index in [1.54, 1.807) is 6.92 Å². The van der Waals surface area contributed by atoms with Crippen LogP contribution in [0.25, 0.3) is 6.08 Å². The largest absolute Gasteiger partial charge is 0.364 e. The van der Waals surface area contributed by atoms with Crippen molar-refractivity contribution in [1.29, 1.82) is 0 Å². The number of rotatable bonds is 3. The number of fused-ring (bicyclic) bond motifs is 1. The highest BCUT2D eigenvalue weighted by Gasteiger charge is 2.16. The predicted molar refractivity (Wildman–Crippen MR) is 67.9 cm³/mol. The molecule has 1 heterocycles. The molecule has 0 radical (unpaired) electrons. The monoisotopic (exact) mass is 213 g/mol. The molecule has 82 valence electrons. The minimum Gasteiger partial charge on any atom is -0.364 e. The van der Waals surface area contributed by atoms with E-state index >= 15 is 0 Å². The van der Waals surface area contributed by atoms with Crippen molar-refractivity contribution in [3.8, 4) is 0 Å². The van der Waals surface area contributed by atoms with Crippen molar-refractivity contribution in [3.05, 3.63) is 48.1 Å². The van der Waals surface area contributed by atoms with E-state index in [2.05, 4.69) is 23.6 Å². The number of Topliss-reactive ketones (excluding diaryl/α,β-unsaturated/α-hetero) is 1. The van der Waals surface area contributed by atoms with E-state index in [4.69, 9.17) is 0 Å². The van der Waals surface area contributed by atoms with Crippen LogP contribution in [0, 0.1) is 0 Å². The van der Waals surface area contributed by atoms with E-state index in [9.17, 15) is 4.79 Å². The lowest BCUT2D eigenvalue weighted by Crippen LogP contribution is -2.26. The second-order valence-corrected chi connectivity index (χ2v) is 3.89. The lowest BCUT2D eigenvalue weighted by molar-refractivity contribution is 0.101. The third kappa shape index (κ3) is 1.78. The Morgan fingerprint density at radius 2 is 2.38 bits per heavy atom. The molecule has 0 saturated heterocycles. The zero-order valence-electron chi connectivity index (χ0n) is 9.44. The first kappa shape index (κ1) is 10.7. The van der Waals surface area contributed by atoms with Crippen LogP contribution in [0.5, 0.6) is 0 Å². The molecule has 0 unspecified atom stereocenters. The summed E-state index contributed by atoms with van der Waals surface area (Å²) in [6.45, 7) is 7.04. The van der Waals surface area contributed by atoms with Gasteiger partial charge in [-0.25, -0.2) is 0 Å². The fraction of sp³-hybridized carbons (Fsp3) is 0.214. The molecule has 2 nitrogen and oxygen atoms in total. The lowest BCUT2D eigenvalue weighted by atomic mass is 9.99. The fourth-order valence-electron chi connectivity index (χ4n) is 2.04. The number of carbonyl (C=O) groups is 1. The molecule has 1 aliphatic rings. The van der Waals surface area contributed by atoms with Crippen LogP contribution < -0.4 is 4.90 Å². The summed E-state index contributed by atoms with van der Waals surface area (Å²) < 4.78 is 0. The van der Waals surface area contributed by atoms with Crippen molar-refractivity contribution in [2.24, 2.45) is 0 Å². The van der Waals surface area contributed by atoms with Gasteiger partial charge in [0.25, 0.3) is 0 Å². The molecule has 1 aromatic rings. The van der Waals surface area contributed by atoms with Gasteiger partial charge in [0.05, 0.1) is 0 Å². The smallest absolute Gasteiger partial charge is 0.160 e. The number of hydrogen-bond acceptors (Lipinski definition) is 2. The second kappa shape index (κ2) is 4.35. The molecule has 0 amide bonds. The zero-order chi connectivity index (χ0) is 11.5. The van der Waals surface area contributed by atoms with Crippen molar-refractivity contribution in [3.63, 3.8) is 0 Å². The average Bonchev–Trinajstić information content (AvgIpc) is 2.29. The summed E-state index contributed by atoms with van der Waals surface area (Å²) in [7, 11) is 0. The molecule has 0 aromatic heterocycles. The Labute approximate surface area is 95.9 Å². The summed E-state index contributed by atoms with van der Waals surface area (Å²) in [6.07, 6.45) is 5.99. The van der Waals surface area contributed by atoms with E-state index in [1.165, 1.54) is 0 Å². The maximum atomic E-state index is 11.5. The molecule has 0 fully saturated rings. The van der Waals surface area contributed by atoms with Crippen LogP contribution in [0.4, 0.5) is 5.69 Å². The summed E-state index contributed by atoms with van der Waals surface area (Å²) in [5.41, 5.74) is 2.95. The van der Waals surface area contributed by atoms with Gasteiger partial charge in [0.1, 0.15) is 0 Å². The number of hydrogen-bond donors (Lipinski definition) is 0. The molecule has 0 spiro atoms. The highest BCUT2D eigenvalue weighted by Crippen LogP contribution is 2.28. The Kier molecular flexibility index (Phi) is 2.91. The Morgan fingerprint density at radius 1 is 1.56 bits per heavy atom. The Balaban J connectivity index is 2.51. The van der Waals surface area contributed by atoms with Crippen LogP contribution >= 0.6 is 0 Å². The normalized spacial score (nSPS) is 13.4. The number of carbonyl (C=O) groups excluding carboxylic acids is 1. The number of benzene rings is 1. The fourth-order valence-corrected chi connectivity index (χ4v) is 2.04. The summed E-state index contributed by atoms with van der Waals surface area (Å²) in [5.74, 6) is 0.113. The van der Waals surface area contributed by atoms with E-state index < -0.39 is 0 Å². The standard InChI is InChI=1S/C14H15NO/c1-3-9-15-10-5-7-13-12(11(2)16)6-4-8-14(13)15/h3-8H,1,9-10H2,2H3. The average molecular weight is 213 g/mol. The molecule has 2 heteroatoms. The maximum Gasteiger partial charge on any atom is 0.160 e. The van der Waals surface area contributed by atoms with Crippen LogP contribution in [-0.4, -0.2) is 18.9 Å². The molecular weight excluding hydrogens is 198 g/mol. The molecule has 2 rings (SSSR count). The number of anilines is 1. The van der Waals surface area contributed by atoms with Crippen molar-refractivity contribution < 1.29 is 4.79 Å². The Hall–Kier alpha value is -1.83. The SMILES string of the molecule is C=CCN1CC=Cc2c(C(C)=O)cccc21. The van der Waals surface area contributed by atoms with Crippen molar-refractivity contribution in [2.75, 3.05) is 18.0 Å². The van der Waals surface area contributed by atoms with Crippen LogP contribution in [0.1, 0.15) is 22.8 Å². The topological polar surface area (TPSA) is 20.3 Å². The molecule has 0 N–H and O–H groups in total. The Morgan fingerprint density at radius 3 is 3.06 bits per heavy atom. The zero-order valence-corrected chi connectivity index (χ0v) is 9.44. The molecule has 1 aliphatic heterocycles. The predicted octanol–water partition coefficient (Wildman–Crippen LogP) is 2.91. The van der Waals surface area contributed by atoms with Gasteiger partial charge in [0.2, 0.25) is 0 Å². The summed E-state index contributed by atoms with van der Waals surface area (Å²) in [5, 5.41) is 0. The van der Waals surface area contributed by atoms with Gasteiger partial charge in [-0.3, -0.25) is 4.79 Å². The third-order valence-corrected chi connectivity index (χ3v) is 2.76. The van der Waals surface area contributed by atoms with Crippen LogP contribution in [0.15, 0.2) is 36.9 Å². The molecular formula is C14H15NO. The first-order chi connectivity index (χ1) is 7.74.